The van der Waals surface area contributed by atoms with Crippen molar-refractivity contribution in [2.45, 2.75) is 16.7 Å². The molecule has 3 N–H and O–H groups in total. The van der Waals surface area contributed by atoms with Crippen molar-refractivity contribution in [1.82, 2.24) is 9.88 Å². The zero-order valence-corrected chi connectivity index (χ0v) is 21.6. The number of para-hydroxylation sites is 2. The van der Waals surface area contributed by atoms with Gasteiger partial charge in [0.1, 0.15) is 5.75 Å². The van der Waals surface area contributed by atoms with E-state index in [2.05, 4.69) is 10.3 Å². The fourth-order valence-electron chi connectivity index (χ4n) is 4.00. The van der Waals surface area contributed by atoms with Crippen LogP contribution in [0, 0.1) is 6.92 Å². The van der Waals surface area contributed by atoms with E-state index >= 15 is 0 Å². The Labute approximate surface area is 214 Å². The third kappa shape index (κ3) is 4.83. The molecule has 3 aromatic carbocycles. The summed E-state index contributed by atoms with van der Waals surface area (Å²) in [5, 5.41) is 3.58. The largest absolute Gasteiger partial charge is 0.495 e. The number of nitrogens with one attached hydrogen (secondary N) is 1. The Hall–Kier alpha value is -4.44. The number of anilines is 2. The Morgan fingerprint density at radius 2 is 1.73 bits per heavy atom. The Bertz CT molecular complexity index is 1650. The molecule has 2 amide bonds. The smallest absolute Gasteiger partial charge is 0.253 e. The highest BCUT2D eigenvalue weighted by Crippen LogP contribution is 2.36. The fourth-order valence-corrected chi connectivity index (χ4v) is 5.41. The number of fused-ring (bicyclic) bond motifs is 1. The molecule has 1 heterocycles. The molecule has 1 aromatic heterocycles. The van der Waals surface area contributed by atoms with Gasteiger partial charge >= 0.3 is 0 Å². The third-order valence-electron chi connectivity index (χ3n) is 5.88. The summed E-state index contributed by atoms with van der Waals surface area (Å²) in [5.74, 6) is -0.524. The lowest BCUT2D eigenvalue weighted by Crippen LogP contribution is -2.21. The highest BCUT2D eigenvalue weighted by Gasteiger charge is 2.23. The first kappa shape index (κ1) is 25.6. The zero-order valence-electron chi connectivity index (χ0n) is 20.8. The van der Waals surface area contributed by atoms with Gasteiger partial charge in [0.25, 0.3) is 11.8 Å². The number of sulfone groups is 1. The number of benzene rings is 3. The molecule has 0 saturated heterocycles. The fraction of sp³-hybridized carbons (Fsp3) is 0.148. The monoisotopic (exact) mass is 518 g/mol. The van der Waals surface area contributed by atoms with Crippen LogP contribution >= 0.6 is 0 Å². The molecular formula is C27H26N4O5S. The van der Waals surface area contributed by atoms with Crippen molar-refractivity contribution in [3.8, 4) is 5.75 Å². The van der Waals surface area contributed by atoms with Gasteiger partial charge in [-0.2, -0.15) is 0 Å². The highest BCUT2D eigenvalue weighted by atomic mass is 32.2. The summed E-state index contributed by atoms with van der Waals surface area (Å²) in [6, 6.07) is 15.9. The molecule has 37 heavy (non-hydrogen) atoms. The number of nitrogens with two attached hydrogens (primary N) is 1. The second-order valence-corrected chi connectivity index (χ2v) is 10.6. The first-order valence-electron chi connectivity index (χ1n) is 11.2. The van der Waals surface area contributed by atoms with E-state index in [0.29, 0.717) is 33.6 Å². The SMILES string of the molecule is COc1ccccc1Nc1c(C(N)=O)cnc2c(C)cc(S(=O)(=O)c3cccc(C(=O)N(C)C)c3)cc12. The number of pyridine rings is 1. The number of methoxy groups -OCH3 is 1. The van der Waals surface area contributed by atoms with E-state index in [1.54, 1.807) is 51.4 Å². The lowest BCUT2D eigenvalue weighted by molar-refractivity contribution is 0.0827. The van der Waals surface area contributed by atoms with Gasteiger partial charge in [-0.3, -0.25) is 14.6 Å². The summed E-state index contributed by atoms with van der Waals surface area (Å²) >= 11 is 0. The van der Waals surface area contributed by atoms with E-state index in [-0.39, 0.29) is 26.8 Å². The summed E-state index contributed by atoms with van der Waals surface area (Å²) in [4.78, 5) is 30.4. The molecule has 0 unspecified atom stereocenters. The number of aromatic nitrogens is 1. The van der Waals surface area contributed by atoms with E-state index in [4.69, 9.17) is 10.5 Å². The van der Waals surface area contributed by atoms with Crippen LogP contribution in [0.15, 0.2) is 76.7 Å². The van der Waals surface area contributed by atoms with Crippen LogP contribution in [0.25, 0.3) is 10.9 Å². The van der Waals surface area contributed by atoms with Crippen LogP contribution in [0.2, 0.25) is 0 Å². The molecule has 0 saturated carbocycles. The minimum absolute atomic E-state index is 0.0153. The lowest BCUT2D eigenvalue weighted by atomic mass is 10.1. The van der Waals surface area contributed by atoms with Crippen molar-refractivity contribution in [3.63, 3.8) is 0 Å². The lowest BCUT2D eigenvalue weighted by Gasteiger charge is -2.17. The number of carbonyl (C=O) groups excluding carboxylic acids is 2. The van der Waals surface area contributed by atoms with Crippen LogP contribution in [-0.4, -0.2) is 51.3 Å². The van der Waals surface area contributed by atoms with Crippen LogP contribution in [0.4, 0.5) is 11.4 Å². The molecule has 0 atom stereocenters. The van der Waals surface area contributed by atoms with Gasteiger partial charge in [0.2, 0.25) is 9.84 Å². The Balaban J connectivity index is 1.94. The van der Waals surface area contributed by atoms with Crippen molar-refractivity contribution in [3.05, 3.63) is 83.6 Å². The van der Waals surface area contributed by atoms with Gasteiger partial charge in [0.05, 0.1) is 39.4 Å². The molecular weight excluding hydrogens is 492 g/mol. The van der Waals surface area contributed by atoms with Gasteiger partial charge in [-0.1, -0.05) is 18.2 Å². The van der Waals surface area contributed by atoms with Crippen molar-refractivity contribution in [2.24, 2.45) is 5.73 Å². The van der Waals surface area contributed by atoms with Gasteiger partial charge in [0.15, 0.2) is 0 Å². The standard InChI is InChI=1S/C27H26N4O5S/c1-16-12-19(37(34,35)18-9-7-8-17(13-18)27(33)31(2)3)14-20-24(16)29-15-21(26(28)32)25(20)30-22-10-5-6-11-23(22)36-4/h5-15H,1-4H3,(H2,28,32)(H,29,30). The molecule has 4 aromatic rings. The van der Waals surface area contributed by atoms with Crippen LogP contribution in [0.1, 0.15) is 26.3 Å². The zero-order chi connectivity index (χ0) is 26.9. The van der Waals surface area contributed by atoms with Crippen LogP contribution in [0.3, 0.4) is 0 Å². The topological polar surface area (TPSA) is 132 Å². The van der Waals surface area contributed by atoms with Gasteiger partial charge in [-0.15, -0.1) is 0 Å². The molecule has 9 nitrogen and oxygen atoms in total. The first-order chi connectivity index (χ1) is 17.5. The Kier molecular flexibility index (Phi) is 6.86. The number of primary amides is 1. The highest BCUT2D eigenvalue weighted by molar-refractivity contribution is 7.91. The number of nitrogens with zero attached hydrogens (tertiary/aromatic N) is 2. The second-order valence-electron chi connectivity index (χ2n) is 8.60. The summed E-state index contributed by atoms with van der Waals surface area (Å²) in [6.07, 6.45) is 1.36. The van der Waals surface area contributed by atoms with Crippen LogP contribution < -0.4 is 15.8 Å². The number of rotatable bonds is 7. The van der Waals surface area contributed by atoms with Gasteiger partial charge in [-0.25, -0.2) is 8.42 Å². The van der Waals surface area contributed by atoms with Crippen molar-refractivity contribution >= 4 is 43.9 Å². The van der Waals surface area contributed by atoms with E-state index < -0.39 is 15.7 Å². The molecule has 0 fully saturated rings. The predicted octanol–water partition coefficient (Wildman–Crippen LogP) is 3.93. The predicted molar refractivity (Wildman–Crippen MR) is 141 cm³/mol. The van der Waals surface area contributed by atoms with Crippen molar-refractivity contribution < 1.29 is 22.7 Å². The van der Waals surface area contributed by atoms with Crippen molar-refractivity contribution in [1.29, 1.82) is 0 Å². The minimum atomic E-state index is -4.04. The molecule has 0 bridgehead atoms. The van der Waals surface area contributed by atoms with E-state index in [0.717, 1.165) is 0 Å². The summed E-state index contributed by atoms with van der Waals surface area (Å²) in [5.41, 5.74) is 7.92. The molecule has 10 heteroatoms. The molecule has 0 aliphatic carbocycles. The number of hydrogen-bond acceptors (Lipinski definition) is 7. The van der Waals surface area contributed by atoms with Gasteiger partial charge in [-0.05, 0) is 55.0 Å². The number of aryl methyl sites for hydroxylation is 1. The molecule has 190 valence electrons. The Morgan fingerprint density at radius 3 is 2.41 bits per heavy atom. The van der Waals surface area contributed by atoms with Gasteiger partial charge in [0, 0.05) is 31.2 Å². The van der Waals surface area contributed by atoms with Crippen LogP contribution in [-0.2, 0) is 9.84 Å². The molecule has 0 aliphatic rings. The maximum Gasteiger partial charge on any atom is 0.253 e. The molecule has 0 radical (unpaired) electrons. The van der Waals surface area contributed by atoms with Crippen LogP contribution in [0.5, 0.6) is 5.75 Å². The molecule has 0 spiro atoms. The number of ether oxygens (including phenoxy) is 1. The Morgan fingerprint density at radius 1 is 1.00 bits per heavy atom. The summed E-state index contributed by atoms with van der Waals surface area (Å²) in [6.45, 7) is 1.73. The summed E-state index contributed by atoms with van der Waals surface area (Å²) in [7, 11) is 0.667. The maximum absolute atomic E-state index is 13.7. The summed E-state index contributed by atoms with van der Waals surface area (Å²) < 4.78 is 32.8. The number of hydrogen-bond donors (Lipinski definition) is 2. The first-order valence-corrected chi connectivity index (χ1v) is 12.7. The average molecular weight is 519 g/mol. The second kappa shape index (κ2) is 9.90. The van der Waals surface area contributed by atoms with E-state index in [1.165, 1.54) is 48.5 Å². The van der Waals surface area contributed by atoms with E-state index in [9.17, 15) is 18.0 Å². The average Bonchev–Trinajstić information content (AvgIpc) is 2.88. The number of amides is 2. The molecule has 0 aliphatic heterocycles. The van der Waals surface area contributed by atoms with E-state index in [1.807, 2.05) is 0 Å². The molecule has 4 rings (SSSR count). The number of carbonyl (C=O) groups is 2. The normalized spacial score (nSPS) is 11.2. The maximum atomic E-state index is 13.7. The quantitative estimate of drug-likeness (QED) is 0.379. The third-order valence-corrected chi connectivity index (χ3v) is 7.61. The minimum Gasteiger partial charge on any atom is -0.495 e. The van der Waals surface area contributed by atoms with Gasteiger partial charge < -0.3 is 20.7 Å². The van der Waals surface area contributed by atoms with Crippen molar-refractivity contribution in [2.75, 3.05) is 26.5 Å².